The quantitative estimate of drug-likeness (QED) is 0.862. The van der Waals surface area contributed by atoms with Gasteiger partial charge in [0.1, 0.15) is 0 Å². The molecule has 0 saturated carbocycles. The number of carboxylic acid groups (broad SMARTS) is 1. The summed E-state index contributed by atoms with van der Waals surface area (Å²) in [7, 11) is -3.30. The van der Waals surface area contributed by atoms with Gasteiger partial charge < -0.3 is 5.11 Å². The topological polar surface area (TPSA) is 74.7 Å². The van der Waals surface area contributed by atoms with Crippen LogP contribution in [0, 0.1) is 5.92 Å². The van der Waals surface area contributed by atoms with Crippen LogP contribution in [0.25, 0.3) is 0 Å². The molecule has 5 nitrogen and oxygen atoms in total. The number of benzene rings is 1. The summed E-state index contributed by atoms with van der Waals surface area (Å²) in [6, 6.07) is 8.98. The summed E-state index contributed by atoms with van der Waals surface area (Å²) >= 11 is 0. The minimum atomic E-state index is -3.30. The van der Waals surface area contributed by atoms with Crippen LogP contribution in [0.1, 0.15) is 12.0 Å². The van der Waals surface area contributed by atoms with Gasteiger partial charge in [-0.2, -0.15) is 0 Å². The Morgan fingerprint density at radius 3 is 2.44 bits per heavy atom. The van der Waals surface area contributed by atoms with Gasteiger partial charge in [0.25, 0.3) is 0 Å². The minimum absolute atomic E-state index is 0.0202. The highest BCUT2D eigenvalue weighted by molar-refractivity contribution is 7.88. The Morgan fingerprint density at radius 2 is 1.89 bits per heavy atom. The molecule has 2 rings (SSSR count). The Bertz CT molecular complexity index is 520. The summed E-state index contributed by atoms with van der Waals surface area (Å²) in [6.07, 6.45) is 0.0390. The van der Waals surface area contributed by atoms with Gasteiger partial charge in [-0.25, -0.2) is 12.7 Å². The second kappa shape index (κ2) is 5.07. The van der Waals surface area contributed by atoms with E-state index in [0.717, 1.165) is 5.56 Å². The van der Waals surface area contributed by atoms with E-state index in [1.54, 1.807) is 24.3 Å². The second-order valence-electron chi connectivity index (χ2n) is 4.52. The highest BCUT2D eigenvalue weighted by atomic mass is 32.2. The van der Waals surface area contributed by atoms with Crippen LogP contribution >= 0.6 is 0 Å². The van der Waals surface area contributed by atoms with Crippen LogP contribution in [0.2, 0.25) is 0 Å². The Balaban J connectivity index is 1.92. The first-order chi connectivity index (χ1) is 8.47. The van der Waals surface area contributed by atoms with Crippen molar-refractivity contribution in [1.82, 2.24) is 4.31 Å². The number of hydrogen-bond acceptors (Lipinski definition) is 3. The molecule has 1 aliphatic rings. The van der Waals surface area contributed by atoms with Crippen LogP contribution in [0.5, 0.6) is 0 Å². The molecular formula is C12H15NO4S. The predicted octanol–water partition coefficient (Wildman–Crippen LogP) is 0.923. The summed E-state index contributed by atoms with van der Waals surface area (Å²) in [5.74, 6) is -0.943. The Morgan fingerprint density at radius 1 is 1.28 bits per heavy atom. The van der Waals surface area contributed by atoms with Gasteiger partial charge >= 0.3 is 5.97 Å². The van der Waals surface area contributed by atoms with Crippen LogP contribution in [0.3, 0.4) is 0 Å². The molecule has 1 saturated heterocycles. The maximum absolute atomic E-state index is 12.0. The van der Waals surface area contributed by atoms with E-state index >= 15 is 0 Å². The Hall–Kier alpha value is -1.40. The number of carboxylic acids is 1. The zero-order chi connectivity index (χ0) is 13.2. The van der Waals surface area contributed by atoms with E-state index < -0.39 is 16.0 Å². The number of hydrogen-bond donors (Lipinski definition) is 1. The lowest BCUT2D eigenvalue weighted by molar-refractivity contribution is -0.139. The zero-order valence-electron chi connectivity index (χ0n) is 9.82. The summed E-state index contributed by atoms with van der Waals surface area (Å²) in [5, 5.41) is 8.61. The normalized spacial score (nSPS) is 17.3. The lowest BCUT2D eigenvalue weighted by Gasteiger charge is -2.37. The van der Waals surface area contributed by atoms with Crippen LogP contribution in [-0.2, 0) is 20.6 Å². The molecule has 18 heavy (non-hydrogen) atoms. The third kappa shape index (κ3) is 3.08. The SMILES string of the molecule is O=C(O)CC1CN(S(=O)(=O)Cc2ccccc2)C1. The second-order valence-corrected chi connectivity index (χ2v) is 6.49. The predicted molar refractivity (Wildman–Crippen MR) is 66.4 cm³/mol. The molecule has 1 heterocycles. The van der Waals surface area contributed by atoms with Crippen molar-refractivity contribution in [3.8, 4) is 0 Å². The average molecular weight is 269 g/mol. The molecule has 0 spiro atoms. The van der Waals surface area contributed by atoms with Crippen LogP contribution in [-0.4, -0.2) is 36.9 Å². The van der Waals surface area contributed by atoms with E-state index in [4.69, 9.17) is 5.11 Å². The number of sulfonamides is 1. The first kappa shape index (κ1) is 13.0. The molecule has 98 valence electrons. The van der Waals surface area contributed by atoms with Crippen molar-refractivity contribution in [2.24, 2.45) is 5.92 Å². The number of carbonyl (C=O) groups is 1. The maximum atomic E-state index is 12.0. The molecule has 0 aliphatic carbocycles. The maximum Gasteiger partial charge on any atom is 0.303 e. The van der Waals surface area contributed by atoms with E-state index in [2.05, 4.69) is 0 Å². The van der Waals surface area contributed by atoms with E-state index in [9.17, 15) is 13.2 Å². The van der Waals surface area contributed by atoms with Crippen molar-refractivity contribution >= 4 is 16.0 Å². The molecule has 1 aliphatic heterocycles. The van der Waals surface area contributed by atoms with Gasteiger partial charge in [0.2, 0.25) is 10.0 Å². The monoisotopic (exact) mass is 269 g/mol. The zero-order valence-corrected chi connectivity index (χ0v) is 10.6. The number of nitrogens with zero attached hydrogens (tertiary/aromatic N) is 1. The average Bonchev–Trinajstić information content (AvgIpc) is 2.23. The molecule has 6 heteroatoms. The van der Waals surface area contributed by atoms with Gasteiger partial charge in [-0.1, -0.05) is 30.3 Å². The lowest BCUT2D eigenvalue weighted by atomic mass is 10.00. The molecule has 1 fully saturated rings. The molecular weight excluding hydrogens is 254 g/mol. The summed E-state index contributed by atoms with van der Waals surface area (Å²) in [4.78, 5) is 10.5. The third-order valence-corrected chi connectivity index (χ3v) is 4.76. The van der Waals surface area contributed by atoms with Gasteiger partial charge in [0.05, 0.1) is 12.2 Å². The summed E-state index contributed by atoms with van der Waals surface area (Å²) in [6.45, 7) is 0.642. The van der Waals surface area contributed by atoms with Crippen LogP contribution in [0.15, 0.2) is 30.3 Å². The van der Waals surface area contributed by atoms with Crippen molar-refractivity contribution in [3.05, 3.63) is 35.9 Å². The molecule has 0 atom stereocenters. The minimum Gasteiger partial charge on any atom is -0.481 e. The molecule has 0 aromatic heterocycles. The van der Waals surface area contributed by atoms with Gasteiger partial charge in [0.15, 0.2) is 0 Å². The lowest BCUT2D eigenvalue weighted by Crippen LogP contribution is -2.50. The van der Waals surface area contributed by atoms with Gasteiger partial charge in [-0.15, -0.1) is 0 Å². The van der Waals surface area contributed by atoms with Crippen molar-refractivity contribution in [3.63, 3.8) is 0 Å². The fraction of sp³-hybridized carbons (Fsp3) is 0.417. The van der Waals surface area contributed by atoms with E-state index in [-0.39, 0.29) is 18.1 Å². The standard InChI is InChI=1S/C12H15NO4S/c14-12(15)6-11-7-13(8-11)18(16,17)9-10-4-2-1-3-5-10/h1-5,11H,6-9H2,(H,14,15). The van der Waals surface area contributed by atoms with E-state index in [1.165, 1.54) is 4.31 Å². The molecule has 0 unspecified atom stereocenters. The molecule has 1 aromatic rings. The molecule has 0 bridgehead atoms. The summed E-state index contributed by atoms with van der Waals surface area (Å²) < 4.78 is 25.3. The molecule has 1 N–H and O–H groups in total. The van der Waals surface area contributed by atoms with Crippen molar-refractivity contribution in [1.29, 1.82) is 0 Å². The van der Waals surface area contributed by atoms with Crippen molar-refractivity contribution < 1.29 is 18.3 Å². The number of aliphatic carboxylic acids is 1. The third-order valence-electron chi connectivity index (χ3n) is 2.97. The fourth-order valence-corrected chi connectivity index (χ4v) is 3.67. The first-order valence-electron chi connectivity index (χ1n) is 5.71. The van der Waals surface area contributed by atoms with E-state index in [1.807, 2.05) is 6.07 Å². The van der Waals surface area contributed by atoms with Gasteiger partial charge in [-0.3, -0.25) is 4.79 Å². The largest absolute Gasteiger partial charge is 0.481 e. The first-order valence-corrected chi connectivity index (χ1v) is 7.32. The fourth-order valence-electron chi connectivity index (χ4n) is 2.00. The molecule has 0 amide bonds. The van der Waals surface area contributed by atoms with Crippen LogP contribution in [0.4, 0.5) is 0 Å². The summed E-state index contributed by atoms with van der Waals surface area (Å²) in [5.41, 5.74) is 0.749. The highest BCUT2D eigenvalue weighted by Gasteiger charge is 2.36. The Kier molecular flexibility index (Phi) is 3.68. The van der Waals surface area contributed by atoms with E-state index in [0.29, 0.717) is 13.1 Å². The Labute approximate surface area is 106 Å². The number of rotatable bonds is 5. The smallest absolute Gasteiger partial charge is 0.303 e. The van der Waals surface area contributed by atoms with Crippen LogP contribution < -0.4 is 0 Å². The van der Waals surface area contributed by atoms with Gasteiger partial charge in [-0.05, 0) is 11.5 Å². The van der Waals surface area contributed by atoms with Gasteiger partial charge in [0, 0.05) is 13.1 Å². The van der Waals surface area contributed by atoms with Crippen molar-refractivity contribution in [2.75, 3.05) is 13.1 Å². The van der Waals surface area contributed by atoms with Crippen molar-refractivity contribution in [2.45, 2.75) is 12.2 Å². The molecule has 1 aromatic carbocycles. The highest BCUT2D eigenvalue weighted by Crippen LogP contribution is 2.24. The molecule has 0 radical (unpaired) electrons.